The highest BCUT2D eigenvalue weighted by molar-refractivity contribution is 6.30. The second-order valence-electron chi connectivity index (χ2n) is 6.75. The minimum Gasteiger partial charge on any atom is -0.472 e. The van der Waals surface area contributed by atoms with Crippen molar-refractivity contribution in [2.45, 2.75) is 45.6 Å². The summed E-state index contributed by atoms with van der Waals surface area (Å²) in [6.07, 6.45) is 3.04. The quantitative estimate of drug-likeness (QED) is 0.800. The molecule has 1 saturated heterocycles. The Balaban J connectivity index is 1.54. The summed E-state index contributed by atoms with van der Waals surface area (Å²) in [6, 6.07) is 9.51. The van der Waals surface area contributed by atoms with Crippen LogP contribution < -0.4 is 4.74 Å². The van der Waals surface area contributed by atoms with Crippen molar-refractivity contribution in [3.63, 3.8) is 0 Å². The van der Waals surface area contributed by atoms with Crippen molar-refractivity contribution in [3.8, 4) is 5.88 Å². The summed E-state index contributed by atoms with van der Waals surface area (Å²) < 4.78 is 6.01. The number of piperidine rings is 1. The van der Waals surface area contributed by atoms with Crippen LogP contribution in [0.15, 0.2) is 30.3 Å². The summed E-state index contributed by atoms with van der Waals surface area (Å²) in [5.41, 5.74) is 1.97. The Bertz CT molecular complexity index is 761. The zero-order valence-electron chi connectivity index (χ0n) is 15.2. The van der Waals surface area contributed by atoms with Crippen LogP contribution in [0.5, 0.6) is 5.88 Å². The third-order valence-corrected chi connectivity index (χ3v) is 4.71. The second-order valence-corrected chi connectivity index (χ2v) is 7.18. The highest BCUT2D eigenvalue weighted by Gasteiger charge is 2.25. The van der Waals surface area contributed by atoms with Crippen molar-refractivity contribution in [2.75, 3.05) is 13.1 Å². The third kappa shape index (κ3) is 5.18. The largest absolute Gasteiger partial charge is 0.472 e. The van der Waals surface area contributed by atoms with Crippen LogP contribution in [0, 0.1) is 13.8 Å². The lowest BCUT2D eigenvalue weighted by molar-refractivity contribution is -0.133. The first-order valence-electron chi connectivity index (χ1n) is 9.01. The van der Waals surface area contributed by atoms with Gasteiger partial charge in [0.05, 0.1) is 6.54 Å². The number of rotatable bonds is 5. The van der Waals surface area contributed by atoms with Gasteiger partial charge in [-0.3, -0.25) is 4.79 Å². The molecule has 1 aliphatic heterocycles. The minimum absolute atomic E-state index is 0.0208. The van der Waals surface area contributed by atoms with Gasteiger partial charge in [0.25, 0.3) is 0 Å². The van der Waals surface area contributed by atoms with Crippen LogP contribution in [-0.2, 0) is 11.2 Å². The lowest BCUT2D eigenvalue weighted by Crippen LogP contribution is -2.44. The molecule has 1 aromatic heterocycles. The minimum atomic E-state index is -0.0208. The van der Waals surface area contributed by atoms with Crippen molar-refractivity contribution < 1.29 is 9.53 Å². The number of aromatic nitrogens is 2. The first-order chi connectivity index (χ1) is 12.5. The molecule has 1 aliphatic rings. The van der Waals surface area contributed by atoms with Crippen LogP contribution in [0.25, 0.3) is 0 Å². The number of hydrogen-bond acceptors (Lipinski definition) is 4. The Morgan fingerprint density at radius 1 is 1.31 bits per heavy atom. The normalized spacial score (nSPS) is 17.2. The monoisotopic (exact) mass is 373 g/mol. The summed E-state index contributed by atoms with van der Waals surface area (Å²) >= 11 is 6.00. The number of benzene rings is 1. The molecule has 1 amide bonds. The molecule has 1 aromatic carbocycles. The smallest absolute Gasteiger partial charge is 0.223 e. The van der Waals surface area contributed by atoms with E-state index < -0.39 is 0 Å². The SMILES string of the molecule is Cc1cc(O[C@@H]2CCCN(C(=O)CCc3cccc(Cl)c3)C2)nc(C)n1. The van der Waals surface area contributed by atoms with Crippen molar-refractivity contribution in [3.05, 3.63) is 52.4 Å². The van der Waals surface area contributed by atoms with Crippen molar-refractivity contribution in [1.82, 2.24) is 14.9 Å². The summed E-state index contributed by atoms with van der Waals surface area (Å²) in [7, 11) is 0. The fraction of sp³-hybridized carbons (Fsp3) is 0.450. The molecule has 1 atom stereocenters. The van der Waals surface area contributed by atoms with E-state index in [9.17, 15) is 4.79 Å². The lowest BCUT2D eigenvalue weighted by Gasteiger charge is -2.32. The highest BCUT2D eigenvalue weighted by atomic mass is 35.5. The van der Waals surface area contributed by atoms with Crippen molar-refractivity contribution >= 4 is 17.5 Å². The number of nitrogens with zero attached hydrogens (tertiary/aromatic N) is 3. The maximum absolute atomic E-state index is 12.6. The van der Waals surface area contributed by atoms with Crippen LogP contribution in [-0.4, -0.2) is 40.0 Å². The van der Waals surface area contributed by atoms with Gasteiger partial charge in [-0.1, -0.05) is 23.7 Å². The number of halogens is 1. The Morgan fingerprint density at radius 2 is 2.15 bits per heavy atom. The van der Waals surface area contributed by atoms with Gasteiger partial charge in [0.15, 0.2) is 0 Å². The summed E-state index contributed by atoms with van der Waals surface area (Å²) in [5.74, 6) is 1.45. The van der Waals surface area contributed by atoms with Crippen LogP contribution in [0.1, 0.15) is 36.3 Å². The van der Waals surface area contributed by atoms with Crippen molar-refractivity contribution in [1.29, 1.82) is 0 Å². The van der Waals surface area contributed by atoms with Gasteiger partial charge in [0.2, 0.25) is 11.8 Å². The zero-order chi connectivity index (χ0) is 18.5. The summed E-state index contributed by atoms with van der Waals surface area (Å²) in [5, 5.41) is 0.705. The number of aryl methyl sites for hydroxylation is 3. The Hall–Kier alpha value is -2.14. The molecule has 26 heavy (non-hydrogen) atoms. The molecule has 0 bridgehead atoms. The molecule has 0 unspecified atom stereocenters. The molecule has 6 heteroatoms. The van der Waals surface area contributed by atoms with Gasteiger partial charge >= 0.3 is 0 Å². The maximum atomic E-state index is 12.6. The molecule has 3 rings (SSSR count). The highest BCUT2D eigenvalue weighted by Crippen LogP contribution is 2.19. The van der Waals surface area contributed by atoms with Crippen molar-refractivity contribution in [2.24, 2.45) is 0 Å². The topological polar surface area (TPSA) is 55.3 Å². The number of carbonyl (C=O) groups is 1. The molecule has 0 N–H and O–H groups in total. The predicted octanol–water partition coefficient (Wildman–Crippen LogP) is 3.75. The number of hydrogen-bond donors (Lipinski definition) is 0. The third-order valence-electron chi connectivity index (χ3n) is 4.48. The molecule has 0 spiro atoms. The van der Waals surface area contributed by atoms with E-state index in [4.69, 9.17) is 16.3 Å². The lowest BCUT2D eigenvalue weighted by atomic mass is 10.1. The van der Waals surface area contributed by atoms with E-state index in [1.165, 1.54) is 0 Å². The number of carbonyl (C=O) groups excluding carboxylic acids is 1. The fourth-order valence-corrected chi connectivity index (χ4v) is 3.49. The van der Waals surface area contributed by atoms with Gasteiger partial charge in [-0.15, -0.1) is 0 Å². The molecule has 1 fully saturated rings. The number of likely N-dealkylation sites (tertiary alicyclic amines) is 1. The van der Waals surface area contributed by atoms with Gasteiger partial charge < -0.3 is 9.64 Å². The first-order valence-corrected chi connectivity index (χ1v) is 9.38. The Morgan fingerprint density at radius 3 is 2.92 bits per heavy atom. The summed E-state index contributed by atoms with van der Waals surface area (Å²) in [6.45, 7) is 5.17. The van der Waals surface area contributed by atoms with Gasteiger partial charge in [0.1, 0.15) is 11.9 Å². The number of ether oxygens (including phenoxy) is 1. The van der Waals surface area contributed by atoms with E-state index in [1.54, 1.807) is 0 Å². The molecular weight excluding hydrogens is 350 g/mol. The molecule has 0 radical (unpaired) electrons. The van der Waals surface area contributed by atoms with Gasteiger partial charge in [-0.25, -0.2) is 4.98 Å². The molecule has 2 aromatic rings. The van der Waals surface area contributed by atoms with E-state index in [2.05, 4.69) is 9.97 Å². The van der Waals surface area contributed by atoms with Crippen LogP contribution >= 0.6 is 11.6 Å². The Kier molecular flexibility index (Phi) is 6.09. The maximum Gasteiger partial charge on any atom is 0.223 e. The molecule has 2 heterocycles. The Labute approximate surface area is 159 Å². The van der Waals surface area contributed by atoms with Crippen LogP contribution in [0.2, 0.25) is 5.02 Å². The fourth-order valence-electron chi connectivity index (χ4n) is 3.28. The van der Waals surface area contributed by atoms with Crippen LogP contribution in [0.3, 0.4) is 0 Å². The molecule has 0 aliphatic carbocycles. The van der Waals surface area contributed by atoms with Gasteiger partial charge in [-0.05, 0) is 50.8 Å². The van der Waals surface area contributed by atoms with Gasteiger partial charge in [0, 0.05) is 29.7 Å². The molecule has 0 saturated carbocycles. The molecule has 138 valence electrons. The standard InChI is InChI=1S/C20H24ClN3O2/c1-14-11-19(23-15(2)22-14)26-18-7-4-10-24(13-18)20(25)9-8-16-5-3-6-17(21)12-16/h3,5-6,11-12,18H,4,7-10,13H2,1-2H3/t18-/m1/s1. The first kappa shape index (κ1) is 18.6. The van der Waals surface area contributed by atoms with E-state index in [-0.39, 0.29) is 12.0 Å². The molecule has 5 nitrogen and oxygen atoms in total. The van der Waals surface area contributed by atoms with E-state index >= 15 is 0 Å². The van der Waals surface area contributed by atoms with E-state index in [0.29, 0.717) is 36.1 Å². The van der Waals surface area contributed by atoms with Gasteiger partial charge in [-0.2, -0.15) is 4.98 Å². The average molecular weight is 374 g/mol. The molecular formula is C20H24ClN3O2. The van der Waals surface area contributed by atoms with E-state index in [1.807, 2.05) is 49.1 Å². The average Bonchev–Trinajstić information content (AvgIpc) is 2.59. The predicted molar refractivity (Wildman–Crippen MR) is 102 cm³/mol. The van der Waals surface area contributed by atoms with Crippen LogP contribution in [0.4, 0.5) is 0 Å². The van der Waals surface area contributed by atoms with E-state index in [0.717, 1.165) is 30.6 Å². The number of amides is 1. The second kappa shape index (κ2) is 8.49. The summed E-state index contributed by atoms with van der Waals surface area (Å²) in [4.78, 5) is 23.1. The zero-order valence-corrected chi connectivity index (χ0v) is 16.0.